The topological polar surface area (TPSA) is 93.0 Å². The summed E-state index contributed by atoms with van der Waals surface area (Å²) in [4.78, 5) is 43.1. The van der Waals surface area contributed by atoms with E-state index in [9.17, 15) is 19.5 Å². The van der Waals surface area contributed by atoms with Gasteiger partial charge in [-0.15, -0.1) is 0 Å². The van der Waals surface area contributed by atoms with Crippen LogP contribution < -0.4 is 0 Å². The number of hydrogen-bond donors (Lipinski definition) is 1. The number of carbonyl (C=O) groups excluding carboxylic acids is 2. The smallest absolute Gasteiger partial charge is 0.309 e. The Morgan fingerprint density at radius 1 is 0.976 bits per heavy atom. The zero-order chi connectivity index (χ0) is 30.3. The number of aliphatic carboxylic acids is 1. The molecule has 7 atom stereocenters. The van der Waals surface area contributed by atoms with Crippen molar-refractivity contribution in [2.24, 2.45) is 50.0 Å². The van der Waals surface area contributed by atoms with Crippen molar-refractivity contribution in [3.8, 4) is 0 Å². The first kappa shape index (κ1) is 31.9. The molecule has 0 aromatic heterocycles. The molecule has 7 unspecified atom stereocenters. The highest BCUT2D eigenvalue weighted by Crippen LogP contribution is 2.69. The Hall–Kier alpha value is -1.98. The maximum absolute atomic E-state index is 14.1. The van der Waals surface area contributed by atoms with Crippen LogP contribution in [0, 0.1) is 44.8 Å². The number of carboxylic acid groups (broad SMARTS) is 1. The van der Waals surface area contributed by atoms with Gasteiger partial charge in [-0.3, -0.25) is 14.4 Å². The molecule has 4 aliphatic rings. The molecule has 4 aliphatic carbocycles. The summed E-state index contributed by atoms with van der Waals surface area (Å²) in [6.07, 6.45) is 16.4. The summed E-state index contributed by atoms with van der Waals surface area (Å²) < 4.78 is 0. The predicted octanol–water partition coefficient (Wildman–Crippen LogP) is 8.18. The van der Waals surface area contributed by atoms with Crippen molar-refractivity contribution in [2.75, 3.05) is 7.11 Å². The highest BCUT2D eigenvalue weighted by atomic mass is 16.6. The van der Waals surface area contributed by atoms with Crippen LogP contribution in [0.25, 0.3) is 0 Å². The first-order valence-corrected chi connectivity index (χ1v) is 16.2. The molecule has 6 nitrogen and oxygen atoms in total. The minimum absolute atomic E-state index is 0.00846. The summed E-state index contributed by atoms with van der Waals surface area (Å²) in [7, 11) is 1.45. The van der Waals surface area contributed by atoms with Gasteiger partial charge in [-0.05, 0) is 117 Å². The van der Waals surface area contributed by atoms with Gasteiger partial charge in [0.05, 0.1) is 5.41 Å². The van der Waals surface area contributed by atoms with Gasteiger partial charge in [0.1, 0.15) is 13.3 Å². The number of carboxylic acids is 1. The van der Waals surface area contributed by atoms with Crippen molar-refractivity contribution in [3.63, 3.8) is 0 Å². The molecule has 0 saturated heterocycles. The standard InChI is InChI=1S/C35H55NO5/c1-31(2)15-10-16-34(5)26(14-9-12-24(31)11-8-13-25(37)23-36-41-7)29(38)21-27-28-22-33(4,30(39)40)18-17-32(28,3)19-20-35(27,34)6/h21,23-24,26,28H,8-20,22H2,1-7H3,(H,39,40). The molecule has 41 heavy (non-hydrogen) atoms. The fourth-order valence-electron chi connectivity index (χ4n) is 9.62. The van der Waals surface area contributed by atoms with Crippen LogP contribution in [0.2, 0.25) is 0 Å². The summed E-state index contributed by atoms with van der Waals surface area (Å²) in [5.74, 6) is 0.294. The maximum Gasteiger partial charge on any atom is 0.309 e. The average Bonchev–Trinajstić information content (AvgIpc) is 2.90. The monoisotopic (exact) mass is 569 g/mol. The predicted molar refractivity (Wildman–Crippen MR) is 163 cm³/mol. The third-order valence-corrected chi connectivity index (χ3v) is 13.1. The number of hydrogen-bond acceptors (Lipinski definition) is 5. The molecule has 0 amide bonds. The third-order valence-electron chi connectivity index (χ3n) is 13.1. The molecule has 4 rings (SSSR count). The zero-order valence-corrected chi connectivity index (χ0v) is 26.8. The molecule has 1 N–H and O–H groups in total. The van der Waals surface area contributed by atoms with Crippen LogP contribution >= 0.6 is 0 Å². The van der Waals surface area contributed by atoms with E-state index in [4.69, 9.17) is 0 Å². The summed E-state index contributed by atoms with van der Waals surface area (Å²) in [5.41, 5.74) is 0.593. The fraction of sp³-hybridized carbons (Fsp3) is 0.829. The highest BCUT2D eigenvalue weighted by Gasteiger charge is 2.63. The van der Waals surface area contributed by atoms with Gasteiger partial charge >= 0.3 is 5.97 Å². The Bertz CT molecular complexity index is 1090. The number of oxime groups is 1. The van der Waals surface area contributed by atoms with E-state index in [0.29, 0.717) is 18.8 Å². The number of rotatable bonds is 7. The van der Waals surface area contributed by atoms with E-state index in [1.165, 1.54) is 18.9 Å². The average molecular weight is 570 g/mol. The quantitative estimate of drug-likeness (QED) is 0.246. The first-order chi connectivity index (χ1) is 19.1. The molecule has 0 aliphatic heterocycles. The molecular weight excluding hydrogens is 514 g/mol. The molecule has 0 spiro atoms. The molecule has 3 fully saturated rings. The van der Waals surface area contributed by atoms with Crippen LogP contribution in [0.15, 0.2) is 16.8 Å². The summed E-state index contributed by atoms with van der Waals surface area (Å²) >= 11 is 0. The van der Waals surface area contributed by atoms with Crippen LogP contribution in [0.3, 0.4) is 0 Å². The van der Waals surface area contributed by atoms with E-state index in [0.717, 1.165) is 77.0 Å². The number of carbonyl (C=O) groups is 3. The van der Waals surface area contributed by atoms with Gasteiger partial charge in [0.15, 0.2) is 11.6 Å². The van der Waals surface area contributed by atoms with E-state index in [2.05, 4.69) is 44.6 Å². The number of nitrogens with zero attached hydrogens (tertiary/aromatic N) is 1. The number of allylic oxidation sites excluding steroid dienone is 2. The van der Waals surface area contributed by atoms with Gasteiger partial charge in [0.25, 0.3) is 0 Å². The highest BCUT2D eigenvalue weighted by molar-refractivity contribution is 6.27. The molecule has 0 bridgehead atoms. The maximum atomic E-state index is 14.1. The van der Waals surface area contributed by atoms with Crippen molar-refractivity contribution in [1.29, 1.82) is 0 Å². The van der Waals surface area contributed by atoms with E-state index >= 15 is 0 Å². The number of ketones is 2. The van der Waals surface area contributed by atoms with Crippen LogP contribution in [0.1, 0.15) is 131 Å². The van der Waals surface area contributed by atoms with Crippen LogP contribution in [-0.2, 0) is 19.2 Å². The number of fused-ring (bicyclic) bond motifs is 5. The molecule has 230 valence electrons. The molecule has 0 aromatic rings. The number of Topliss-reactive ketones (excluding diaryl/α,β-unsaturated/α-hetero) is 1. The van der Waals surface area contributed by atoms with Gasteiger partial charge in [-0.2, -0.15) is 0 Å². The van der Waals surface area contributed by atoms with Crippen LogP contribution in [0.4, 0.5) is 0 Å². The Kier molecular flexibility index (Phi) is 9.04. The first-order valence-electron chi connectivity index (χ1n) is 16.2. The normalized spacial score (nSPS) is 41.0. The van der Waals surface area contributed by atoms with Crippen LogP contribution in [0.5, 0.6) is 0 Å². The van der Waals surface area contributed by atoms with Gasteiger partial charge in [0.2, 0.25) is 0 Å². The van der Waals surface area contributed by atoms with Crippen molar-refractivity contribution in [3.05, 3.63) is 11.6 Å². The Labute approximate surface area is 248 Å². The van der Waals surface area contributed by atoms with E-state index in [1.807, 2.05) is 13.0 Å². The Morgan fingerprint density at radius 2 is 1.68 bits per heavy atom. The van der Waals surface area contributed by atoms with Crippen molar-refractivity contribution in [1.82, 2.24) is 0 Å². The molecule has 3 saturated carbocycles. The minimum atomic E-state index is -0.722. The Morgan fingerprint density at radius 3 is 2.37 bits per heavy atom. The fourth-order valence-corrected chi connectivity index (χ4v) is 9.62. The van der Waals surface area contributed by atoms with E-state index in [1.54, 1.807) is 0 Å². The van der Waals surface area contributed by atoms with Crippen molar-refractivity contribution >= 4 is 23.8 Å². The lowest BCUT2D eigenvalue weighted by molar-refractivity contribution is -0.155. The summed E-state index contributed by atoms with van der Waals surface area (Å²) in [5, 5.41) is 13.7. The second-order valence-electron chi connectivity index (χ2n) is 15.8. The lowest BCUT2D eigenvalue weighted by Gasteiger charge is -2.64. The lowest BCUT2D eigenvalue weighted by Crippen LogP contribution is -2.58. The van der Waals surface area contributed by atoms with Crippen molar-refractivity contribution < 1.29 is 24.3 Å². The molecule has 0 aromatic carbocycles. The lowest BCUT2D eigenvalue weighted by atomic mass is 9.40. The van der Waals surface area contributed by atoms with Crippen molar-refractivity contribution in [2.45, 2.75) is 131 Å². The van der Waals surface area contributed by atoms with E-state index < -0.39 is 11.4 Å². The van der Waals surface area contributed by atoms with Gasteiger partial charge in [-0.25, -0.2) is 0 Å². The third kappa shape index (κ3) is 5.83. The molecule has 6 heteroatoms. The Balaban J connectivity index is 1.57. The minimum Gasteiger partial charge on any atom is -0.481 e. The molecule has 0 heterocycles. The summed E-state index contributed by atoms with van der Waals surface area (Å²) in [6.45, 7) is 13.9. The van der Waals surface area contributed by atoms with Gasteiger partial charge in [0, 0.05) is 12.3 Å². The zero-order valence-electron chi connectivity index (χ0n) is 26.8. The van der Waals surface area contributed by atoms with E-state index in [-0.39, 0.29) is 45.1 Å². The van der Waals surface area contributed by atoms with Gasteiger partial charge < -0.3 is 9.94 Å². The second-order valence-corrected chi connectivity index (χ2v) is 15.8. The summed E-state index contributed by atoms with van der Waals surface area (Å²) in [6, 6.07) is 0. The van der Waals surface area contributed by atoms with Gasteiger partial charge in [-0.1, -0.05) is 58.2 Å². The molecule has 0 radical (unpaired) electrons. The van der Waals surface area contributed by atoms with Crippen LogP contribution in [-0.4, -0.2) is 36.0 Å². The molecular formula is C35H55NO5. The largest absolute Gasteiger partial charge is 0.481 e. The second kappa shape index (κ2) is 11.6. The SMILES string of the molecule is CON=CC(=O)CCCC1CCCC2C(=O)C=C3C4CC(C)(C(=O)O)CCC4(C)CCC3(C)C2(C)CCCC1(C)C.